The Morgan fingerprint density at radius 1 is 0.977 bits per heavy atom. The van der Waals surface area contributed by atoms with Gasteiger partial charge in [-0.05, 0) is 59.7 Å². The van der Waals surface area contributed by atoms with Crippen LogP contribution in [0.3, 0.4) is 0 Å². The molecule has 1 atom stereocenters. The van der Waals surface area contributed by atoms with Gasteiger partial charge in [-0.2, -0.15) is 26.9 Å². The molecule has 0 bridgehead atoms. The molecule has 5 rings (SSSR count). The molecule has 0 aliphatic carbocycles. The molecule has 1 aliphatic rings. The first-order valence-electron chi connectivity index (χ1n) is 13.1. The maximum absolute atomic E-state index is 13.5. The highest BCUT2D eigenvalue weighted by molar-refractivity contribution is 7.90. The first-order chi connectivity index (χ1) is 20.5. The topological polar surface area (TPSA) is 93.0 Å². The Bertz CT molecular complexity index is 1810. The van der Waals surface area contributed by atoms with Crippen LogP contribution in [0.15, 0.2) is 118 Å². The second kappa shape index (κ2) is 11.7. The second-order valence-electron chi connectivity index (χ2n) is 9.97. The van der Waals surface area contributed by atoms with Crippen LogP contribution in [-0.2, 0) is 16.2 Å². The molecule has 12 heteroatoms. The van der Waals surface area contributed by atoms with E-state index in [0.717, 1.165) is 28.9 Å². The van der Waals surface area contributed by atoms with Gasteiger partial charge in [-0.3, -0.25) is 0 Å². The number of anilines is 1. The highest BCUT2D eigenvalue weighted by Gasteiger charge is 2.39. The van der Waals surface area contributed by atoms with Gasteiger partial charge in [0.05, 0.1) is 41.2 Å². The average Bonchev–Trinajstić information content (AvgIpc) is 3.45. The summed E-state index contributed by atoms with van der Waals surface area (Å²) in [6.45, 7) is 0.225. The number of rotatable bonds is 5. The van der Waals surface area contributed by atoms with E-state index in [-0.39, 0.29) is 18.4 Å². The molecule has 0 amide bonds. The Hall–Kier alpha value is -5.02. The average molecular weight is 604 g/mol. The van der Waals surface area contributed by atoms with Gasteiger partial charge in [0.2, 0.25) is 0 Å². The summed E-state index contributed by atoms with van der Waals surface area (Å²) in [4.78, 5) is 1.49. The van der Waals surface area contributed by atoms with Crippen molar-refractivity contribution in [1.29, 1.82) is 5.26 Å². The van der Waals surface area contributed by atoms with Crippen molar-refractivity contribution < 1.29 is 26.2 Å². The van der Waals surface area contributed by atoms with Gasteiger partial charge in [0, 0.05) is 24.2 Å². The lowest BCUT2D eigenvalue weighted by Gasteiger charge is -2.15. The van der Waals surface area contributed by atoms with Gasteiger partial charge >= 0.3 is 22.2 Å². The van der Waals surface area contributed by atoms with Crippen LogP contribution in [0, 0.1) is 11.3 Å². The molecule has 3 aromatic carbocycles. The Balaban J connectivity index is 1.63. The number of hydrogen-bond acceptors (Lipinski definition) is 5. The van der Waals surface area contributed by atoms with Crippen LogP contribution in [0.5, 0.6) is 0 Å². The van der Waals surface area contributed by atoms with E-state index in [0.29, 0.717) is 23.4 Å². The highest BCUT2D eigenvalue weighted by Crippen LogP contribution is 2.31. The summed E-state index contributed by atoms with van der Waals surface area (Å²) in [5, 5.41) is 15.5. The van der Waals surface area contributed by atoms with E-state index in [9.17, 15) is 26.9 Å². The minimum atomic E-state index is -4.61. The van der Waals surface area contributed by atoms with E-state index >= 15 is 0 Å². The molecule has 0 spiro atoms. The molecule has 0 N–H and O–H groups in total. The third kappa shape index (κ3) is 6.42. The highest BCUT2D eigenvalue weighted by atomic mass is 32.2. The van der Waals surface area contributed by atoms with Gasteiger partial charge in [-0.1, -0.05) is 42.5 Å². The predicted octanol–water partition coefficient (Wildman–Crippen LogP) is 5.03. The molecule has 218 valence electrons. The van der Waals surface area contributed by atoms with Gasteiger partial charge in [-0.15, -0.1) is 10.1 Å². The lowest BCUT2D eigenvalue weighted by Crippen LogP contribution is -2.51. The summed E-state index contributed by atoms with van der Waals surface area (Å²) in [7, 11) is -0.737. The molecule has 0 fully saturated rings. The van der Waals surface area contributed by atoms with E-state index in [1.54, 1.807) is 48.8 Å². The van der Waals surface area contributed by atoms with Gasteiger partial charge < -0.3 is 4.90 Å². The lowest BCUT2D eigenvalue weighted by molar-refractivity contribution is -0.565. The Morgan fingerprint density at radius 3 is 2.16 bits per heavy atom. The number of halogens is 3. The Morgan fingerprint density at radius 2 is 1.60 bits per heavy atom. The number of benzene rings is 3. The Labute approximate surface area is 247 Å². The number of alkyl halides is 3. The van der Waals surface area contributed by atoms with Gasteiger partial charge in [0.1, 0.15) is 11.4 Å². The summed E-state index contributed by atoms with van der Waals surface area (Å²) in [6.07, 6.45) is -1.33. The van der Waals surface area contributed by atoms with Crippen LogP contribution in [-0.4, -0.2) is 45.7 Å². The zero-order valence-corrected chi connectivity index (χ0v) is 24.0. The number of hydrazone groups is 1. The van der Waals surface area contributed by atoms with Crippen molar-refractivity contribution in [2.45, 2.75) is 17.0 Å². The maximum atomic E-state index is 13.5. The molecule has 43 heavy (non-hydrogen) atoms. The summed E-state index contributed by atoms with van der Waals surface area (Å²) in [5.41, 5.74) is 2.69. The van der Waals surface area contributed by atoms with Gasteiger partial charge in [0.25, 0.3) is 0 Å². The zero-order chi connectivity index (χ0) is 30.8. The van der Waals surface area contributed by atoms with Gasteiger partial charge in [0.15, 0.2) is 0 Å². The number of aromatic nitrogens is 1. The number of sulfonamides is 1. The predicted molar refractivity (Wildman–Crippen MR) is 156 cm³/mol. The molecular formula is C31H26F3N6O2S+. The van der Waals surface area contributed by atoms with Crippen molar-refractivity contribution in [2.24, 2.45) is 9.50 Å². The molecule has 0 radical (unpaired) electrons. The van der Waals surface area contributed by atoms with Crippen molar-refractivity contribution in [2.75, 3.05) is 25.5 Å². The van der Waals surface area contributed by atoms with Crippen molar-refractivity contribution in [1.82, 2.24) is 5.01 Å². The minimum absolute atomic E-state index is 0.0604. The van der Waals surface area contributed by atoms with E-state index in [4.69, 9.17) is 5.10 Å². The quantitative estimate of drug-likeness (QED) is 0.181. The van der Waals surface area contributed by atoms with E-state index in [1.165, 1.54) is 9.58 Å². The first kappa shape index (κ1) is 29.5. The molecule has 2 heterocycles. The van der Waals surface area contributed by atoms with Crippen molar-refractivity contribution in [3.05, 3.63) is 126 Å². The molecule has 0 saturated heterocycles. The fourth-order valence-electron chi connectivity index (χ4n) is 4.60. The summed E-state index contributed by atoms with van der Waals surface area (Å²) in [5.74, 6) is -0.343. The number of pyridine rings is 1. The molecule has 1 unspecified atom stereocenters. The fourth-order valence-corrected chi connectivity index (χ4v) is 5.59. The van der Waals surface area contributed by atoms with Crippen molar-refractivity contribution in [3.63, 3.8) is 0 Å². The molecular weight excluding hydrogens is 577 g/mol. The van der Waals surface area contributed by atoms with Crippen molar-refractivity contribution >= 4 is 27.4 Å². The monoisotopic (exact) mass is 603 g/mol. The van der Waals surface area contributed by atoms with Crippen LogP contribution in [0.2, 0.25) is 0 Å². The third-order valence-electron chi connectivity index (χ3n) is 6.90. The SMILES string of the molecule is CN(C)c1cc[n+](/C(=N/S(=O)(=O)c2ccc(C(F)(F)F)cc2)N2CC(c3ccccc3)C(c3ccc(C#N)cc3)=N2)cc1. The van der Waals surface area contributed by atoms with Crippen molar-refractivity contribution in [3.8, 4) is 6.07 Å². The standard InChI is InChI=1S/C31H26F3N6O2S/c1-38(2)26-16-18-39(19-17-26)30(37-43(41,42)27-14-12-25(13-15-27)31(32,33)34)40-21-28(23-6-4-3-5-7-23)29(36-40)24-10-8-22(20-35)9-11-24/h3-19,28H,21H2,1-2H3/q+1/b37-30-. The third-order valence-corrected chi connectivity index (χ3v) is 8.17. The normalized spacial score (nSPS) is 15.6. The summed E-state index contributed by atoms with van der Waals surface area (Å²) in [6, 6.07) is 25.4. The maximum Gasteiger partial charge on any atom is 0.434 e. The van der Waals surface area contributed by atoms with Crippen LogP contribution in [0.25, 0.3) is 0 Å². The van der Waals surface area contributed by atoms with E-state index in [2.05, 4.69) is 10.5 Å². The number of hydrogen-bond donors (Lipinski definition) is 0. The smallest absolute Gasteiger partial charge is 0.377 e. The van der Waals surface area contributed by atoms with E-state index < -0.39 is 26.7 Å². The minimum Gasteiger partial charge on any atom is -0.377 e. The summed E-state index contributed by atoms with van der Waals surface area (Å²) < 4.78 is 71.9. The van der Waals surface area contributed by atoms with Crippen LogP contribution >= 0.6 is 0 Å². The van der Waals surface area contributed by atoms with Crippen LogP contribution in [0.1, 0.15) is 28.2 Å². The van der Waals surface area contributed by atoms with E-state index in [1.807, 2.05) is 49.3 Å². The first-order valence-corrected chi connectivity index (χ1v) is 14.5. The second-order valence-corrected chi connectivity index (χ2v) is 11.6. The number of nitrogens with zero attached hydrogens (tertiary/aromatic N) is 6. The number of nitriles is 1. The Kier molecular flexibility index (Phi) is 8.02. The fraction of sp³-hybridized carbons (Fsp3) is 0.161. The van der Waals surface area contributed by atoms with Crippen LogP contribution in [0.4, 0.5) is 18.9 Å². The van der Waals surface area contributed by atoms with Gasteiger partial charge in [-0.25, -0.2) is 4.57 Å². The van der Waals surface area contributed by atoms with Crippen LogP contribution < -0.4 is 9.47 Å². The molecule has 1 aromatic heterocycles. The molecule has 8 nitrogen and oxygen atoms in total. The summed E-state index contributed by atoms with van der Waals surface area (Å²) >= 11 is 0. The zero-order valence-electron chi connectivity index (χ0n) is 23.1. The molecule has 1 aliphatic heterocycles. The molecule has 0 saturated carbocycles. The largest absolute Gasteiger partial charge is 0.434 e. The lowest BCUT2D eigenvalue weighted by atomic mass is 9.90. The molecule has 4 aromatic rings.